The molecule has 0 aliphatic carbocycles. The number of ether oxygens (including phenoxy) is 1. The first kappa shape index (κ1) is 31.1. The summed E-state index contributed by atoms with van der Waals surface area (Å²) in [6.07, 6.45) is 3.67. The van der Waals surface area contributed by atoms with Crippen LogP contribution in [0.25, 0.3) is 21.8 Å². The molecule has 0 spiro atoms. The zero-order valence-corrected chi connectivity index (χ0v) is 26.9. The minimum atomic E-state index is -0.211. The third-order valence-electron chi connectivity index (χ3n) is 7.08. The highest BCUT2D eigenvalue weighted by Gasteiger charge is 2.17. The van der Waals surface area contributed by atoms with Crippen LogP contribution in [0.5, 0.6) is 5.75 Å². The first-order chi connectivity index (χ1) is 21.0. The number of likely N-dealkylation sites (N-methyl/N-ethyl adjacent to an activating group) is 1. The molecule has 0 aliphatic heterocycles. The number of pyridine rings is 1. The number of para-hydroxylation sites is 1. The monoisotopic (exact) mass is 628 g/mol. The van der Waals surface area contributed by atoms with Gasteiger partial charge in [-0.25, -0.2) is 4.98 Å². The molecule has 0 saturated heterocycles. The summed E-state index contributed by atoms with van der Waals surface area (Å²) >= 11 is 8.06. The summed E-state index contributed by atoms with van der Waals surface area (Å²) in [4.78, 5) is 40.3. The van der Waals surface area contributed by atoms with Crippen molar-refractivity contribution in [1.29, 1.82) is 0 Å². The van der Waals surface area contributed by atoms with Crippen LogP contribution in [0.2, 0.25) is 5.02 Å². The molecule has 0 fully saturated rings. The maximum Gasteiger partial charge on any atom is 0.259 e. The number of aromatic amines is 1. The van der Waals surface area contributed by atoms with E-state index in [4.69, 9.17) is 16.3 Å². The predicted octanol–water partition coefficient (Wildman–Crippen LogP) is 7.09. The van der Waals surface area contributed by atoms with Gasteiger partial charge in [0.25, 0.3) is 11.5 Å². The zero-order valence-electron chi connectivity index (χ0n) is 25.3. The van der Waals surface area contributed by atoms with Crippen molar-refractivity contribution in [3.63, 3.8) is 0 Å². The number of fused-ring (bicyclic) bond motifs is 2. The van der Waals surface area contributed by atoms with Gasteiger partial charge in [-0.15, -0.1) is 0 Å². The summed E-state index contributed by atoms with van der Waals surface area (Å²) in [6, 6.07) is 14.7. The van der Waals surface area contributed by atoms with Gasteiger partial charge in [-0.05, 0) is 76.3 Å². The molecule has 0 aliphatic rings. The molecule has 44 heavy (non-hydrogen) atoms. The van der Waals surface area contributed by atoms with Crippen LogP contribution in [-0.4, -0.2) is 53.5 Å². The highest BCUT2D eigenvalue weighted by molar-refractivity contribution is 7.99. The van der Waals surface area contributed by atoms with E-state index in [1.807, 2.05) is 81.4 Å². The Labute approximate surface area is 264 Å². The number of aromatic nitrogens is 3. The van der Waals surface area contributed by atoms with Gasteiger partial charge in [-0.2, -0.15) is 0 Å². The van der Waals surface area contributed by atoms with Crippen LogP contribution in [0.4, 0.5) is 17.1 Å². The first-order valence-corrected chi connectivity index (χ1v) is 15.1. The Bertz CT molecular complexity index is 1990. The molecule has 0 atom stereocenters. The molecule has 0 unspecified atom stereocenters. The van der Waals surface area contributed by atoms with Crippen LogP contribution in [0.3, 0.4) is 0 Å². The zero-order chi connectivity index (χ0) is 31.5. The quantitative estimate of drug-likeness (QED) is 0.117. The van der Waals surface area contributed by atoms with E-state index >= 15 is 0 Å². The van der Waals surface area contributed by atoms with Crippen molar-refractivity contribution < 1.29 is 9.53 Å². The Morgan fingerprint density at radius 3 is 2.59 bits per heavy atom. The van der Waals surface area contributed by atoms with Gasteiger partial charge in [-0.3, -0.25) is 14.6 Å². The summed E-state index contributed by atoms with van der Waals surface area (Å²) in [5, 5.41) is 8.85. The topological polar surface area (TPSA) is 112 Å². The van der Waals surface area contributed by atoms with Gasteiger partial charge < -0.3 is 25.3 Å². The molecule has 3 aromatic carbocycles. The molecule has 0 bridgehead atoms. The minimum absolute atomic E-state index is 0.198. The van der Waals surface area contributed by atoms with Gasteiger partial charge in [-0.1, -0.05) is 41.6 Å². The Hall–Kier alpha value is -4.38. The lowest BCUT2D eigenvalue weighted by Crippen LogP contribution is -2.16. The molecule has 226 valence electrons. The summed E-state index contributed by atoms with van der Waals surface area (Å²) in [5.74, 6) is 0.298. The Kier molecular flexibility index (Phi) is 9.24. The van der Waals surface area contributed by atoms with Gasteiger partial charge in [0, 0.05) is 40.4 Å². The smallest absolute Gasteiger partial charge is 0.259 e. The Balaban J connectivity index is 1.47. The molecular weight excluding hydrogens is 596 g/mol. The number of amides is 1. The van der Waals surface area contributed by atoms with Gasteiger partial charge in [0.05, 0.1) is 39.9 Å². The van der Waals surface area contributed by atoms with Crippen molar-refractivity contribution >= 4 is 68.1 Å². The molecule has 2 heterocycles. The molecular formula is C33H33ClN6O3S. The number of H-pyrrole nitrogens is 1. The SMILES string of the molecule is COc1cc2ncc(C)c(Nc3cc(Cl)c(Sc4nc5ccccc5c(=O)[nH]4)cc3C)c2cc1NC(=O)/C(C)=C/CN(C)C. The van der Waals surface area contributed by atoms with E-state index in [-0.39, 0.29) is 11.5 Å². The number of carbonyl (C=O) groups is 1. The van der Waals surface area contributed by atoms with Crippen LogP contribution in [0, 0.1) is 13.8 Å². The Morgan fingerprint density at radius 1 is 1.07 bits per heavy atom. The minimum Gasteiger partial charge on any atom is -0.494 e. The molecule has 5 rings (SSSR count). The summed E-state index contributed by atoms with van der Waals surface area (Å²) in [7, 11) is 5.46. The molecule has 11 heteroatoms. The van der Waals surface area contributed by atoms with Gasteiger partial charge in [0.15, 0.2) is 5.16 Å². The lowest BCUT2D eigenvalue weighted by atomic mass is 10.1. The second-order valence-electron chi connectivity index (χ2n) is 10.7. The molecule has 0 saturated carbocycles. The summed E-state index contributed by atoms with van der Waals surface area (Å²) < 4.78 is 5.60. The standard InChI is InChI=1S/C33H33ClN6O3S/c1-18(11-12-40(4)5)31(41)37-27-14-22-26(16-28(27)43-6)35-17-20(3)30(22)36-25-15-23(34)29(13-19(25)2)44-33-38-24-10-8-7-9-21(24)32(42)39-33/h7-11,13-17H,12H2,1-6H3,(H,35,36)(H,37,41)(H,38,39,42)/b18-11+. The van der Waals surface area contributed by atoms with Crippen LogP contribution >= 0.6 is 23.4 Å². The molecule has 1 amide bonds. The average Bonchev–Trinajstić information content (AvgIpc) is 2.99. The Morgan fingerprint density at radius 2 is 1.84 bits per heavy atom. The number of halogens is 1. The van der Waals surface area contributed by atoms with E-state index in [0.717, 1.165) is 32.8 Å². The van der Waals surface area contributed by atoms with Crippen LogP contribution in [0.1, 0.15) is 18.1 Å². The number of nitrogens with zero attached hydrogens (tertiary/aromatic N) is 3. The van der Waals surface area contributed by atoms with Crippen molar-refractivity contribution in [3.8, 4) is 5.75 Å². The number of hydrogen-bond donors (Lipinski definition) is 3. The van der Waals surface area contributed by atoms with E-state index in [0.29, 0.717) is 50.2 Å². The molecule has 0 radical (unpaired) electrons. The molecule has 3 N–H and O–H groups in total. The lowest BCUT2D eigenvalue weighted by Gasteiger charge is -2.18. The number of carbonyl (C=O) groups excluding carboxylic acids is 1. The molecule has 9 nitrogen and oxygen atoms in total. The normalized spacial score (nSPS) is 11.8. The third kappa shape index (κ3) is 6.72. The van der Waals surface area contributed by atoms with Gasteiger partial charge in [0.1, 0.15) is 5.75 Å². The highest BCUT2D eigenvalue weighted by Crippen LogP contribution is 2.39. The number of anilines is 3. The van der Waals surface area contributed by atoms with Gasteiger partial charge >= 0.3 is 0 Å². The number of methoxy groups -OCH3 is 1. The highest BCUT2D eigenvalue weighted by atomic mass is 35.5. The number of aryl methyl sites for hydroxylation is 2. The molecule has 5 aromatic rings. The van der Waals surface area contributed by atoms with E-state index < -0.39 is 0 Å². The molecule has 2 aromatic heterocycles. The summed E-state index contributed by atoms with van der Waals surface area (Å²) in [5.41, 5.74) is 5.75. The van der Waals surface area contributed by atoms with E-state index in [2.05, 4.69) is 25.6 Å². The number of hydrogen-bond acceptors (Lipinski definition) is 8. The first-order valence-electron chi connectivity index (χ1n) is 13.9. The lowest BCUT2D eigenvalue weighted by molar-refractivity contribution is -0.112. The van der Waals surface area contributed by atoms with Gasteiger partial charge in [0.2, 0.25) is 0 Å². The van der Waals surface area contributed by atoms with Crippen molar-refractivity contribution in [2.45, 2.75) is 30.8 Å². The van der Waals surface area contributed by atoms with Crippen LogP contribution in [0.15, 0.2) is 81.2 Å². The van der Waals surface area contributed by atoms with Crippen LogP contribution in [-0.2, 0) is 4.79 Å². The van der Waals surface area contributed by atoms with Crippen molar-refractivity contribution in [2.24, 2.45) is 0 Å². The van der Waals surface area contributed by atoms with Crippen LogP contribution < -0.4 is 20.9 Å². The van der Waals surface area contributed by atoms with E-state index in [1.54, 1.807) is 26.3 Å². The van der Waals surface area contributed by atoms with E-state index in [9.17, 15) is 9.59 Å². The maximum atomic E-state index is 13.0. The number of nitrogens with one attached hydrogen (secondary N) is 3. The third-order valence-corrected chi connectivity index (χ3v) is 8.45. The van der Waals surface area contributed by atoms with Crippen molar-refractivity contribution in [1.82, 2.24) is 19.9 Å². The maximum absolute atomic E-state index is 13.0. The fourth-order valence-corrected chi connectivity index (χ4v) is 5.77. The largest absolute Gasteiger partial charge is 0.494 e. The fraction of sp³-hybridized carbons (Fsp3) is 0.212. The number of rotatable bonds is 9. The summed E-state index contributed by atoms with van der Waals surface area (Å²) in [6.45, 7) is 6.39. The van der Waals surface area contributed by atoms with E-state index in [1.165, 1.54) is 11.8 Å². The predicted molar refractivity (Wildman–Crippen MR) is 180 cm³/mol. The second-order valence-corrected chi connectivity index (χ2v) is 12.1. The second kappa shape index (κ2) is 13.1. The van der Waals surface area contributed by atoms with Crippen molar-refractivity contribution in [3.05, 3.63) is 92.9 Å². The fourth-order valence-electron chi connectivity index (χ4n) is 4.61. The van der Waals surface area contributed by atoms with Crippen molar-refractivity contribution in [2.75, 3.05) is 38.4 Å². The average molecular weight is 629 g/mol. The number of benzene rings is 3.